The van der Waals surface area contributed by atoms with E-state index < -0.39 is 14.0 Å². The average Bonchev–Trinajstić information content (AvgIpc) is 2.40. The van der Waals surface area contributed by atoms with Gasteiger partial charge in [0.1, 0.15) is 0 Å². The van der Waals surface area contributed by atoms with E-state index in [1.807, 2.05) is 6.07 Å². The highest BCUT2D eigenvalue weighted by molar-refractivity contribution is 7.48. The highest BCUT2D eigenvalue weighted by atomic mass is 31.1. The van der Waals surface area contributed by atoms with E-state index >= 15 is 0 Å². The first-order chi connectivity index (χ1) is 8.66. The van der Waals surface area contributed by atoms with Gasteiger partial charge >= 0.3 is 14.0 Å². The summed E-state index contributed by atoms with van der Waals surface area (Å²) in [6, 6.07) is 14.6. The molecule has 0 aliphatic heterocycles. The maximum absolute atomic E-state index is 11.9. The highest BCUT2D eigenvalue weighted by Gasteiger charge is 2.23. The second-order valence-corrected chi connectivity index (χ2v) is 4.73. The molecule has 4 nitrogen and oxygen atoms in total. The first-order valence-electron chi connectivity index (χ1n) is 5.20. The zero-order valence-electron chi connectivity index (χ0n) is 9.32. The van der Waals surface area contributed by atoms with Crippen LogP contribution in [0.5, 0.6) is 5.75 Å². The third-order valence-corrected chi connectivity index (χ3v) is 3.33. The van der Waals surface area contributed by atoms with Gasteiger partial charge in [0.05, 0.1) is 5.56 Å². The summed E-state index contributed by atoms with van der Waals surface area (Å²) in [5.41, 5.74) is 0.101. The minimum Gasteiger partial charge on any atom is -0.478 e. The number of aromatic carboxylic acids is 1. The SMILES string of the molecule is O=C(O)c1cccc(O[P+](=O)c2ccccc2)c1. The molecule has 18 heavy (non-hydrogen) atoms. The van der Waals surface area contributed by atoms with Crippen LogP contribution in [-0.4, -0.2) is 11.1 Å². The fourth-order valence-electron chi connectivity index (χ4n) is 1.38. The molecule has 1 N–H and O–H groups in total. The monoisotopic (exact) mass is 261 g/mol. The van der Waals surface area contributed by atoms with Gasteiger partial charge in [-0.3, -0.25) is 4.52 Å². The molecule has 0 bridgehead atoms. The number of hydrogen-bond donors (Lipinski definition) is 1. The van der Waals surface area contributed by atoms with Crippen molar-refractivity contribution < 1.29 is 19.0 Å². The highest BCUT2D eigenvalue weighted by Crippen LogP contribution is 2.26. The van der Waals surface area contributed by atoms with E-state index in [2.05, 4.69) is 0 Å². The Kier molecular flexibility index (Phi) is 3.70. The van der Waals surface area contributed by atoms with Crippen LogP contribution >= 0.6 is 8.03 Å². The van der Waals surface area contributed by atoms with Crippen LogP contribution < -0.4 is 9.83 Å². The molecule has 2 aromatic carbocycles. The Hall–Kier alpha value is -2.19. The third kappa shape index (κ3) is 2.93. The minimum atomic E-state index is -2.03. The molecular formula is C13H10O4P+. The number of carboxylic acid groups (broad SMARTS) is 1. The molecule has 1 unspecified atom stereocenters. The molecule has 0 aliphatic carbocycles. The fourth-order valence-corrected chi connectivity index (χ4v) is 2.21. The summed E-state index contributed by atoms with van der Waals surface area (Å²) >= 11 is 0. The van der Waals surface area contributed by atoms with Crippen LogP contribution in [0.4, 0.5) is 0 Å². The predicted molar refractivity (Wildman–Crippen MR) is 67.7 cm³/mol. The number of benzene rings is 2. The van der Waals surface area contributed by atoms with Crippen LogP contribution in [0.1, 0.15) is 10.4 Å². The van der Waals surface area contributed by atoms with Crippen molar-refractivity contribution in [3.05, 3.63) is 60.2 Å². The second kappa shape index (κ2) is 5.43. The zero-order valence-corrected chi connectivity index (χ0v) is 10.2. The number of carboxylic acids is 1. The van der Waals surface area contributed by atoms with Gasteiger partial charge in [0.25, 0.3) is 0 Å². The maximum atomic E-state index is 11.9. The molecule has 0 amide bonds. The van der Waals surface area contributed by atoms with Crippen molar-refractivity contribution in [2.75, 3.05) is 0 Å². The Bertz CT molecular complexity index is 581. The van der Waals surface area contributed by atoms with Crippen LogP contribution in [0, 0.1) is 0 Å². The van der Waals surface area contributed by atoms with Crippen LogP contribution in [0.15, 0.2) is 54.6 Å². The van der Waals surface area contributed by atoms with Crippen molar-refractivity contribution in [2.45, 2.75) is 0 Å². The van der Waals surface area contributed by atoms with Crippen molar-refractivity contribution in [1.29, 1.82) is 0 Å². The molecule has 0 heterocycles. The summed E-state index contributed by atoms with van der Waals surface area (Å²) in [5, 5.41) is 9.40. The number of carbonyl (C=O) groups is 1. The third-order valence-electron chi connectivity index (χ3n) is 2.24. The molecule has 5 heteroatoms. The van der Waals surface area contributed by atoms with E-state index in [0.29, 0.717) is 5.30 Å². The van der Waals surface area contributed by atoms with Crippen LogP contribution in [0.25, 0.3) is 0 Å². The Morgan fingerprint density at radius 2 is 1.78 bits per heavy atom. The van der Waals surface area contributed by atoms with Gasteiger partial charge in [-0.05, 0) is 28.8 Å². The molecule has 2 rings (SSSR count). The van der Waals surface area contributed by atoms with Gasteiger partial charge in [0.15, 0.2) is 5.75 Å². The maximum Gasteiger partial charge on any atom is 0.597 e. The van der Waals surface area contributed by atoms with Crippen molar-refractivity contribution in [1.82, 2.24) is 0 Å². The Labute approximate surface area is 105 Å². The first-order valence-corrected chi connectivity index (χ1v) is 6.38. The lowest BCUT2D eigenvalue weighted by Crippen LogP contribution is -2.00. The summed E-state index contributed by atoms with van der Waals surface area (Å²) in [5.74, 6) is -0.768. The van der Waals surface area contributed by atoms with E-state index in [9.17, 15) is 9.36 Å². The van der Waals surface area contributed by atoms with E-state index in [1.165, 1.54) is 12.1 Å². The molecule has 0 aromatic heterocycles. The van der Waals surface area contributed by atoms with Crippen LogP contribution in [0.2, 0.25) is 0 Å². The predicted octanol–water partition coefficient (Wildman–Crippen LogP) is 2.83. The van der Waals surface area contributed by atoms with Crippen molar-refractivity contribution >= 4 is 19.3 Å². The van der Waals surface area contributed by atoms with Gasteiger partial charge in [-0.15, -0.1) is 0 Å². The quantitative estimate of drug-likeness (QED) is 0.859. The van der Waals surface area contributed by atoms with Gasteiger partial charge < -0.3 is 5.11 Å². The van der Waals surface area contributed by atoms with E-state index in [0.717, 1.165) is 0 Å². The molecule has 0 saturated carbocycles. The lowest BCUT2D eigenvalue weighted by Gasteiger charge is -1.96. The zero-order chi connectivity index (χ0) is 13.0. The Balaban J connectivity index is 2.17. The summed E-state index contributed by atoms with van der Waals surface area (Å²) < 4.78 is 17.1. The molecule has 0 aliphatic rings. The van der Waals surface area contributed by atoms with E-state index in [1.54, 1.807) is 36.4 Å². The van der Waals surface area contributed by atoms with Crippen LogP contribution in [0.3, 0.4) is 0 Å². The van der Waals surface area contributed by atoms with Gasteiger partial charge in [-0.2, -0.15) is 0 Å². The molecule has 0 spiro atoms. The fraction of sp³-hybridized carbons (Fsp3) is 0. The second-order valence-electron chi connectivity index (χ2n) is 3.52. The number of hydrogen-bond acceptors (Lipinski definition) is 3. The van der Waals surface area contributed by atoms with Gasteiger partial charge in [-0.1, -0.05) is 24.3 Å². The lowest BCUT2D eigenvalue weighted by atomic mass is 10.2. The Morgan fingerprint density at radius 3 is 2.44 bits per heavy atom. The summed E-state index contributed by atoms with van der Waals surface area (Å²) in [6.07, 6.45) is 0. The average molecular weight is 261 g/mol. The smallest absolute Gasteiger partial charge is 0.478 e. The number of rotatable bonds is 4. The molecule has 0 radical (unpaired) electrons. The van der Waals surface area contributed by atoms with Crippen molar-refractivity contribution in [3.8, 4) is 5.75 Å². The lowest BCUT2D eigenvalue weighted by molar-refractivity contribution is 0.0696. The minimum absolute atomic E-state index is 0.101. The Morgan fingerprint density at radius 1 is 1.06 bits per heavy atom. The topological polar surface area (TPSA) is 63.6 Å². The largest absolute Gasteiger partial charge is 0.597 e. The van der Waals surface area contributed by atoms with Gasteiger partial charge in [-0.25, -0.2) is 4.79 Å². The van der Waals surface area contributed by atoms with Crippen LogP contribution in [-0.2, 0) is 4.57 Å². The summed E-state index contributed by atoms with van der Waals surface area (Å²) in [7, 11) is -2.03. The van der Waals surface area contributed by atoms with Crippen molar-refractivity contribution in [2.24, 2.45) is 0 Å². The molecule has 0 saturated heterocycles. The van der Waals surface area contributed by atoms with E-state index in [-0.39, 0.29) is 11.3 Å². The summed E-state index contributed by atoms with van der Waals surface area (Å²) in [4.78, 5) is 10.8. The standard InChI is InChI=1S/C13H9O4P/c14-13(15)10-5-4-6-11(9-10)17-18(16)12-7-2-1-3-8-12/h1-9H/p+1. The summed E-state index contributed by atoms with van der Waals surface area (Å²) in [6.45, 7) is 0. The molecule has 1 atom stereocenters. The molecule has 0 fully saturated rings. The normalized spacial score (nSPS) is 10.8. The van der Waals surface area contributed by atoms with Crippen molar-refractivity contribution in [3.63, 3.8) is 0 Å². The first kappa shape index (κ1) is 12.3. The molecular weight excluding hydrogens is 251 g/mol. The van der Waals surface area contributed by atoms with Gasteiger partial charge in [0, 0.05) is 6.07 Å². The van der Waals surface area contributed by atoms with Gasteiger partial charge in [0.2, 0.25) is 5.30 Å². The molecule has 90 valence electrons. The van der Waals surface area contributed by atoms with E-state index in [4.69, 9.17) is 9.63 Å². The molecule has 2 aromatic rings.